The molecule has 0 aliphatic carbocycles. The monoisotopic (exact) mass is 257 g/mol. The van der Waals surface area contributed by atoms with E-state index in [4.69, 9.17) is 9.72 Å². The average Bonchev–Trinajstić information content (AvgIpc) is 2.76. The maximum atomic E-state index is 5.26. The third kappa shape index (κ3) is 2.12. The lowest BCUT2D eigenvalue weighted by atomic mass is 10.1. The van der Waals surface area contributed by atoms with Crippen LogP contribution in [0.1, 0.15) is 12.2 Å². The topological polar surface area (TPSA) is 30.3 Å². The van der Waals surface area contributed by atoms with Gasteiger partial charge in [0.05, 0.1) is 18.1 Å². The number of hydrogen-bond acceptors (Lipinski definition) is 3. The van der Waals surface area contributed by atoms with Crippen molar-refractivity contribution in [3.05, 3.63) is 30.1 Å². The molecule has 2 aromatic rings. The number of methoxy groups -OCH3 is 1. The first-order chi connectivity index (χ1) is 9.19. The van der Waals surface area contributed by atoms with E-state index >= 15 is 0 Å². The minimum atomic E-state index is 0.856. The number of aromatic nitrogens is 2. The van der Waals surface area contributed by atoms with Gasteiger partial charge < -0.3 is 14.2 Å². The van der Waals surface area contributed by atoms with E-state index in [-0.39, 0.29) is 0 Å². The predicted molar refractivity (Wildman–Crippen MR) is 77.4 cm³/mol. The van der Waals surface area contributed by atoms with E-state index in [0.29, 0.717) is 0 Å². The molecule has 1 aromatic heterocycles. The highest BCUT2D eigenvalue weighted by molar-refractivity contribution is 5.81. The Morgan fingerprint density at radius 2 is 2.11 bits per heavy atom. The van der Waals surface area contributed by atoms with Gasteiger partial charge in [0.2, 0.25) is 0 Å². The normalized spacial score (nSPS) is 16.7. The van der Waals surface area contributed by atoms with Crippen molar-refractivity contribution in [3.63, 3.8) is 0 Å². The van der Waals surface area contributed by atoms with E-state index < -0.39 is 0 Å². The molecule has 4 nitrogen and oxygen atoms in total. The largest absolute Gasteiger partial charge is 0.497 e. The van der Waals surface area contributed by atoms with Crippen LogP contribution >= 0.6 is 0 Å². The Kier molecular flexibility index (Phi) is 3.03. The molecular weight excluding hydrogens is 238 g/mol. The summed E-state index contributed by atoms with van der Waals surface area (Å²) >= 11 is 0. The van der Waals surface area contributed by atoms with Gasteiger partial charge in [-0.25, -0.2) is 4.98 Å². The molecule has 0 fully saturated rings. The van der Waals surface area contributed by atoms with Crippen LogP contribution in [-0.4, -0.2) is 41.7 Å². The van der Waals surface area contributed by atoms with Gasteiger partial charge in [0.15, 0.2) is 0 Å². The highest BCUT2D eigenvalue weighted by Gasteiger charge is 2.16. The van der Waals surface area contributed by atoms with E-state index in [1.165, 1.54) is 5.57 Å². The molecule has 0 amide bonds. The number of nitrogens with zero attached hydrogens (tertiary/aromatic N) is 3. The van der Waals surface area contributed by atoms with Gasteiger partial charge in [0.25, 0.3) is 0 Å². The van der Waals surface area contributed by atoms with Crippen molar-refractivity contribution < 1.29 is 4.74 Å². The molecule has 0 saturated carbocycles. The standard InChI is InChI=1S/C15H19N3O/c1-17-8-6-11(7-9-17)15-16-13-10-12(19-3)4-5-14(13)18(15)2/h4-6,10H,7-9H2,1-3H3. The summed E-state index contributed by atoms with van der Waals surface area (Å²) in [6.45, 7) is 2.10. The maximum Gasteiger partial charge on any atom is 0.136 e. The number of rotatable bonds is 2. The van der Waals surface area contributed by atoms with Crippen LogP contribution in [0.5, 0.6) is 5.75 Å². The lowest BCUT2D eigenvalue weighted by Crippen LogP contribution is -2.24. The quantitative estimate of drug-likeness (QED) is 0.827. The van der Waals surface area contributed by atoms with E-state index in [0.717, 1.165) is 42.1 Å². The molecule has 1 aromatic carbocycles. The molecule has 2 heterocycles. The fraction of sp³-hybridized carbons (Fsp3) is 0.400. The van der Waals surface area contributed by atoms with Crippen molar-refractivity contribution in [1.29, 1.82) is 0 Å². The SMILES string of the molecule is COc1ccc2c(c1)nc(C1=CCN(C)CC1)n2C. The van der Waals surface area contributed by atoms with Crippen LogP contribution in [0, 0.1) is 0 Å². The summed E-state index contributed by atoms with van der Waals surface area (Å²) in [5.74, 6) is 1.94. The molecule has 0 atom stereocenters. The third-order valence-electron chi connectivity index (χ3n) is 3.79. The molecule has 19 heavy (non-hydrogen) atoms. The van der Waals surface area contributed by atoms with E-state index in [1.807, 2.05) is 12.1 Å². The van der Waals surface area contributed by atoms with Crippen LogP contribution in [0.25, 0.3) is 16.6 Å². The lowest BCUT2D eigenvalue weighted by molar-refractivity contribution is 0.369. The number of aryl methyl sites for hydroxylation is 1. The maximum absolute atomic E-state index is 5.26. The van der Waals surface area contributed by atoms with Crippen molar-refractivity contribution in [2.75, 3.05) is 27.2 Å². The Bertz CT molecular complexity index is 642. The average molecular weight is 257 g/mol. The lowest BCUT2D eigenvalue weighted by Gasteiger charge is -2.21. The van der Waals surface area contributed by atoms with Crippen LogP contribution in [0.3, 0.4) is 0 Å². The second-order valence-corrected chi connectivity index (χ2v) is 5.09. The van der Waals surface area contributed by atoms with Crippen molar-refractivity contribution in [1.82, 2.24) is 14.5 Å². The van der Waals surface area contributed by atoms with Gasteiger partial charge >= 0.3 is 0 Å². The molecular formula is C15H19N3O. The molecule has 4 heteroatoms. The molecule has 0 bridgehead atoms. The molecule has 1 aliphatic rings. The Hall–Kier alpha value is -1.81. The highest BCUT2D eigenvalue weighted by atomic mass is 16.5. The van der Waals surface area contributed by atoms with Gasteiger partial charge in [-0.2, -0.15) is 0 Å². The molecule has 3 rings (SSSR count). The summed E-state index contributed by atoms with van der Waals surface area (Å²) in [5, 5.41) is 0. The zero-order valence-corrected chi connectivity index (χ0v) is 11.7. The zero-order chi connectivity index (χ0) is 13.4. The van der Waals surface area contributed by atoms with Gasteiger partial charge in [-0.05, 0) is 31.2 Å². The van der Waals surface area contributed by atoms with Gasteiger partial charge in [-0.15, -0.1) is 0 Å². The Balaban J connectivity index is 2.07. The second-order valence-electron chi connectivity index (χ2n) is 5.09. The zero-order valence-electron chi connectivity index (χ0n) is 11.7. The predicted octanol–water partition coefficient (Wildman–Crippen LogP) is 2.30. The highest BCUT2D eigenvalue weighted by Crippen LogP contribution is 2.26. The fourth-order valence-corrected chi connectivity index (χ4v) is 2.57. The smallest absolute Gasteiger partial charge is 0.136 e. The van der Waals surface area contributed by atoms with Crippen LogP contribution < -0.4 is 4.74 Å². The first kappa shape index (κ1) is 12.2. The number of ether oxygens (including phenoxy) is 1. The summed E-state index contributed by atoms with van der Waals surface area (Å²) in [5.41, 5.74) is 3.49. The molecule has 0 radical (unpaired) electrons. The second kappa shape index (κ2) is 4.70. The van der Waals surface area contributed by atoms with Gasteiger partial charge in [-0.1, -0.05) is 6.08 Å². The minimum Gasteiger partial charge on any atom is -0.497 e. The fourth-order valence-electron chi connectivity index (χ4n) is 2.57. The number of benzene rings is 1. The number of imidazole rings is 1. The van der Waals surface area contributed by atoms with Crippen molar-refractivity contribution in [2.24, 2.45) is 7.05 Å². The molecule has 0 N–H and O–H groups in total. The molecule has 100 valence electrons. The molecule has 0 unspecified atom stereocenters. The number of fused-ring (bicyclic) bond motifs is 1. The Morgan fingerprint density at radius 1 is 1.26 bits per heavy atom. The van der Waals surface area contributed by atoms with E-state index in [2.05, 4.69) is 35.7 Å². The first-order valence-corrected chi connectivity index (χ1v) is 6.57. The molecule has 1 aliphatic heterocycles. The third-order valence-corrected chi connectivity index (χ3v) is 3.79. The summed E-state index contributed by atoms with van der Waals surface area (Å²) in [7, 11) is 5.91. The molecule has 0 spiro atoms. The van der Waals surface area contributed by atoms with Crippen LogP contribution in [0.2, 0.25) is 0 Å². The number of hydrogen-bond donors (Lipinski definition) is 0. The number of likely N-dealkylation sites (N-methyl/N-ethyl adjacent to an activating group) is 1. The van der Waals surface area contributed by atoms with Crippen LogP contribution in [-0.2, 0) is 7.05 Å². The first-order valence-electron chi connectivity index (χ1n) is 6.57. The van der Waals surface area contributed by atoms with Crippen molar-refractivity contribution in [2.45, 2.75) is 6.42 Å². The Morgan fingerprint density at radius 3 is 2.79 bits per heavy atom. The van der Waals surface area contributed by atoms with Crippen molar-refractivity contribution in [3.8, 4) is 5.75 Å². The van der Waals surface area contributed by atoms with Gasteiger partial charge in [-0.3, -0.25) is 0 Å². The van der Waals surface area contributed by atoms with Crippen molar-refractivity contribution >= 4 is 16.6 Å². The Labute approximate surface area is 113 Å². The summed E-state index contributed by atoms with van der Waals surface area (Å²) in [4.78, 5) is 7.08. The summed E-state index contributed by atoms with van der Waals surface area (Å²) < 4.78 is 7.43. The minimum absolute atomic E-state index is 0.856. The van der Waals surface area contributed by atoms with Gasteiger partial charge in [0, 0.05) is 26.2 Å². The summed E-state index contributed by atoms with van der Waals surface area (Å²) in [6.07, 6.45) is 3.34. The van der Waals surface area contributed by atoms with E-state index in [9.17, 15) is 0 Å². The molecule has 0 saturated heterocycles. The van der Waals surface area contributed by atoms with Gasteiger partial charge in [0.1, 0.15) is 11.6 Å². The van der Waals surface area contributed by atoms with E-state index in [1.54, 1.807) is 7.11 Å². The van der Waals surface area contributed by atoms with Crippen LogP contribution in [0.15, 0.2) is 24.3 Å². The van der Waals surface area contributed by atoms with Crippen LogP contribution in [0.4, 0.5) is 0 Å². The summed E-state index contributed by atoms with van der Waals surface area (Å²) in [6, 6.07) is 6.05.